The number of hydrogen-bond donors (Lipinski definition) is 1. The summed E-state index contributed by atoms with van der Waals surface area (Å²) >= 11 is 0. The average Bonchev–Trinajstić information content (AvgIpc) is 2.42. The minimum Gasteiger partial charge on any atom is -0.493 e. The van der Waals surface area contributed by atoms with E-state index in [0.29, 0.717) is 0 Å². The summed E-state index contributed by atoms with van der Waals surface area (Å²) in [5.41, 5.74) is 1.19. The Morgan fingerprint density at radius 1 is 1.10 bits per heavy atom. The third kappa shape index (κ3) is 6.80. The van der Waals surface area contributed by atoms with E-state index in [1.54, 1.807) is 7.11 Å². The van der Waals surface area contributed by atoms with Crippen LogP contribution in [0.25, 0.3) is 0 Å². The zero-order chi connectivity index (χ0) is 14.8. The van der Waals surface area contributed by atoms with E-state index in [1.807, 2.05) is 18.2 Å². The standard InChI is InChI=1S/C17H29NO2/c1-14(2)13-18-10-6-5-7-11-20-16-9-8-15(3)12-17(16)19-4/h8-9,12,14,18H,5-7,10-11,13H2,1-4H3. The molecule has 1 N–H and O–H groups in total. The second-order valence-corrected chi connectivity index (χ2v) is 5.66. The summed E-state index contributed by atoms with van der Waals surface area (Å²) in [6.45, 7) is 9.48. The van der Waals surface area contributed by atoms with Crippen LogP contribution in [0, 0.1) is 12.8 Å². The number of unbranched alkanes of at least 4 members (excludes halogenated alkanes) is 2. The van der Waals surface area contributed by atoms with E-state index in [2.05, 4.69) is 26.1 Å². The predicted octanol–water partition coefficient (Wildman–Crippen LogP) is 3.80. The van der Waals surface area contributed by atoms with Crippen molar-refractivity contribution in [1.29, 1.82) is 0 Å². The van der Waals surface area contributed by atoms with Gasteiger partial charge < -0.3 is 14.8 Å². The summed E-state index contributed by atoms with van der Waals surface area (Å²) < 4.78 is 11.1. The normalized spacial score (nSPS) is 10.8. The molecule has 0 saturated carbocycles. The van der Waals surface area contributed by atoms with Gasteiger partial charge in [0.2, 0.25) is 0 Å². The van der Waals surface area contributed by atoms with Crippen LogP contribution >= 0.6 is 0 Å². The number of hydrogen-bond acceptors (Lipinski definition) is 3. The summed E-state index contributed by atoms with van der Waals surface area (Å²) in [6, 6.07) is 6.04. The first kappa shape index (κ1) is 16.8. The monoisotopic (exact) mass is 279 g/mol. The van der Waals surface area contributed by atoms with Crippen molar-refractivity contribution in [2.24, 2.45) is 5.92 Å². The smallest absolute Gasteiger partial charge is 0.161 e. The fraction of sp³-hybridized carbons (Fsp3) is 0.647. The van der Waals surface area contributed by atoms with Gasteiger partial charge in [-0.2, -0.15) is 0 Å². The van der Waals surface area contributed by atoms with Crippen molar-refractivity contribution in [3.63, 3.8) is 0 Å². The third-order valence-electron chi connectivity index (χ3n) is 3.13. The SMILES string of the molecule is COc1cc(C)ccc1OCCCCCNCC(C)C. The highest BCUT2D eigenvalue weighted by Gasteiger charge is 2.03. The van der Waals surface area contributed by atoms with E-state index in [1.165, 1.54) is 18.4 Å². The molecule has 0 spiro atoms. The molecule has 0 aliphatic rings. The molecule has 0 heterocycles. The highest BCUT2D eigenvalue weighted by atomic mass is 16.5. The molecule has 0 radical (unpaired) electrons. The minimum atomic E-state index is 0.729. The largest absolute Gasteiger partial charge is 0.493 e. The van der Waals surface area contributed by atoms with Gasteiger partial charge in [-0.15, -0.1) is 0 Å². The highest BCUT2D eigenvalue weighted by molar-refractivity contribution is 5.42. The number of benzene rings is 1. The maximum Gasteiger partial charge on any atom is 0.161 e. The number of nitrogens with one attached hydrogen (secondary N) is 1. The number of ether oxygens (including phenoxy) is 2. The van der Waals surface area contributed by atoms with E-state index in [0.717, 1.165) is 43.5 Å². The molecular formula is C17H29NO2. The topological polar surface area (TPSA) is 30.5 Å². The second kappa shape index (κ2) is 9.65. The summed E-state index contributed by atoms with van der Waals surface area (Å²) in [6.07, 6.45) is 3.49. The maximum atomic E-state index is 5.78. The lowest BCUT2D eigenvalue weighted by Gasteiger charge is -2.11. The van der Waals surface area contributed by atoms with E-state index >= 15 is 0 Å². The van der Waals surface area contributed by atoms with Crippen LogP contribution in [-0.2, 0) is 0 Å². The molecule has 1 aromatic rings. The first-order valence-corrected chi connectivity index (χ1v) is 7.61. The van der Waals surface area contributed by atoms with Crippen LogP contribution in [0.5, 0.6) is 11.5 Å². The zero-order valence-electron chi connectivity index (χ0n) is 13.4. The molecule has 0 fully saturated rings. The van der Waals surface area contributed by atoms with Crippen molar-refractivity contribution in [2.75, 3.05) is 26.8 Å². The van der Waals surface area contributed by atoms with E-state index in [9.17, 15) is 0 Å². The lowest BCUT2D eigenvalue weighted by atomic mass is 10.2. The van der Waals surface area contributed by atoms with E-state index < -0.39 is 0 Å². The van der Waals surface area contributed by atoms with Gasteiger partial charge in [0.05, 0.1) is 13.7 Å². The van der Waals surface area contributed by atoms with Gasteiger partial charge in [-0.3, -0.25) is 0 Å². The number of aryl methyl sites for hydroxylation is 1. The van der Waals surface area contributed by atoms with Gasteiger partial charge in [0.25, 0.3) is 0 Å². The zero-order valence-corrected chi connectivity index (χ0v) is 13.4. The molecule has 20 heavy (non-hydrogen) atoms. The number of rotatable bonds is 10. The molecule has 1 rings (SSSR count). The summed E-state index contributed by atoms with van der Waals surface area (Å²) in [5.74, 6) is 2.40. The molecular weight excluding hydrogens is 250 g/mol. The molecule has 0 amide bonds. The number of methoxy groups -OCH3 is 1. The molecule has 1 aromatic carbocycles. The Balaban J connectivity index is 2.12. The van der Waals surface area contributed by atoms with Crippen molar-refractivity contribution in [3.05, 3.63) is 23.8 Å². The van der Waals surface area contributed by atoms with Gasteiger partial charge in [0.15, 0.2) is 11.5 Å². The Labute approximate surface area is 123 Å². The Kier molecular flexibility index (Phi) is 8.12. The molecule has 0 aromatic heterocycles. The van der Waals surface area contributed by atoms with Crippen molar-refractivity contribution >= 4 is 0 Å². The molecule has 0 atom stereocenters. The van der Waals surface area contributed by atoms with Gasteiger partial charge in [-0.25, -0.2) is 0 Å². The quantitative estimate of drug-likeness (QED) is 0.661. The highest BCUT2D eigenvalue weighted by Crippen LogP contribution is 2.27. The van der Waals surface area contributed by atoms with E-state index in [4.69, 9.17) is 9.47 Å². The summed E-state index contributed by atoms with van der Waals surface area (Å²) in [7, 11) is 1.68. The van der Waals surface area contributed by atoms with Gasteiger partial charge in [0.1, 0.15) is 0 Å². The molecule has 0 aliphatic heterocycles. The fourth-order valence-corrected chi connectivity index (χ4v) is 2.00. The molecule has 3 nitrogen and oxygen atoms in total. The van der Waals surface area contributed by atoms with Crippen LogP contribution in [0.1, 0.15) is 38.7 Å². The summed E-state index contributed by atoms with van der Waals surface area (Å²) in [5, 5.41) is 3.46. The Hall–Kier alpha value is -1.22. The first-order chi connectivity index (χ1) is 9.63. The van der Waals surface area contributed by atoms with Crippen molar-refractivity contribution < 1.29 is 9.47 Å². The van der Waals surface area contributed by atoms with Crippen LogP contribution in [0.3, 0.4) is 0 Å². The van der Waals surface area contributed by atoms with Gasteiger partial charge in [-0.1, -0.05) is 19.9 Å². The molecule has 0 saturated heterocycles. The fourth-order valence-electron chi connectivity index (χ4n) is 2.00. The second-order valence-electron chi connectivity index (χ2n) is 5.66. The van der Waals surface area contributed by atoms with Gasteiger partial charge >= 0.3 is 0 Å². The Morgan fingerprint density at radius 3 is 2.60 bits per heavy atom. The average molecular weight is 279 g/mol. The molecule has 0 aliphatic carbocycles. The lowest BCUT2D eigenvalue weighted by molar-refractivity contribution is 0.285. The van der Waals surface area contributed by atoms with Crippen LogP contribution in [0.15, 0.2) is 18.2 Å². The van der Waals surface area contributed by atoms with Crippen LogP contribution in [-0.4, -0.2) is 26.8 Å². The summed E-state index contributed by atoms with van der Waals surface area (Å²) in [4.78, 5) is 0. The molecule has 0 bridgehead atoms. The third-order valence-corrected chi connectivity index (χ3v) is 3.13. The minimum absolute atomic E-state index is 0.729. The first-order valence-electron chi connectivity index (χ1n) is 7.61. The Morgan fingerprint density at radius 2 is 1.90 bits per heavy atom. The van der Waals surface area contributed by atoms with Gasteiger partial charge in [0, 0.05) is 0 Å². The van der Waals surface area contributed by atoms with Crippen LogP contribution < -0.4 is 14.8 Å². The molecule has 114 valence electrons. The van der Waals surface area contributed by atoms with Crippen molar-refractivity contribution in [1.82, 2.24) is 5.32 Å². The van der Waals surface area contributed by atoms with Gasteiger partial charge in [-0.05, 0) is 62.9 Å². The van der Waals surface area contributed by atoms with Crippen LogP contribution in [0.4, 0.5) is 0 Å². The van der Waals surface area contributed by atoms with Crippen molar-refractivity contribution in [2.45, 2.75) is 40.0 Å². The molecule has 0 unspecified atom stereocenters. The van der Waals surface area contributed by atoms with Crippen molar-refractivity contribution in [3.8, 4) is 11.5 Å². The molecule has 3 heteroatoms. The van der Waals surface area contributed by atoms with E-state index in [-0.39, 0.29) is 0 Å². The predicted molar refractivity (Wildman–Crippen MR) is 84.8 cm³/mol. The maximum absolute atomic E-state index is 5.78. The Bertz CT molecular complexity index is 377. The van der Waals surface area contributed by atoms with Crippen LogP contribution in [0.2, 0.25) is 0 Å². The lowest BCUT2D eigenvalue weighted by Crippen LogP contribution is -2.20.